The van der Waals surface area contributed by atoms with Gasteiger partial charge in [-0.2, -0.15) is 0 Å². The number of rotatable bonds is 4. The molecule has 1 N–H and O–H groups in total. The second-order valence-corrected chi connectivity index (χ2v) is 5.98. The molecule has 0 aromatic heterocycles. The Hall–Kier alpha value is -0.710. The molecule has 1 atom stereocenters. The van der Waals surface area contributed by atoms with Crippen molar-refractivity contribution >= 4 is 31.9 Å². The first-order valence-corrected chi connectivity index (χ1v) is 7.59. The van der Waals surface area contributed by atoms with E-state index < -0.39 is 0 Å². The molecule has 0 unspecified atom stereocenters. The highest BCUT2D eigenvalue weighted by molar-refractivity contribution is 9.10. The van der Waals surface area contributed by atoms with Crippen LogP contribution in [-0.2, 0) is 6.54 Å². The van der Waals surface area contributed by atoms with Gasteiger partial charge >= 0.3 is 0 Å². The second-order valence-electron chi connectivity index (χ2n) is 4.34. The maximum absolute atomic E-state index is 13.4. The predicted octanol–water partition coefficient (Wildman–Crippen LogP) is 5.20. The molecule has 0 amide bonds. The van der Waals surface area contributed by atoms with E-state index in [2.05, 4.69) is 50.2 Å². The van der Waals surface area contributed by atoms with Crippen LogP contribution in [0.4, 0.5) is 4.39 Å². The van der Waals surface area contributed by atoms with Crippen molar-refractivity contribution in [2.75, 3.05) is 0 Å². The van der Waals surface area contributed by atoms with Crippen LogP contribution in [0.5, 0.6) is 0 Å². The standard InChI is InChI=1S/C15H14Br2FN/c1-10(12-6-2-3-7-13(12)16)19-9-11-5-4-8-14(18)15(11)17/h2-8,10,19H,9H2,1H3/t10-/m1/s1. The molecule has 2 aromatic rings. The minimum atomic E-state index is -0.229. The second kappa shape index (κ2) is 6.64. The normalized spacial score (nSPS) is 12.4. The molecular weight excluding hydrogens is 373 g/mol. The molecule has 0 aliphatic rings. The quantitative estimate of drug-likeness (QED) is 0.761. The molecule has 100 valence electrons. The van der Waals surface area contributed by atoms with Gasteiger partial charge in [-0.05, 0) is 46.1 Å². The van der Waals surface area contributed by atoms with Crippen LogP contribution in [0.15, 0.2) is 51.4 Å². The lowest BCUT2D eigenvalue weighted by Crippen LogP contribution is -2.18. The van der Waals surface area contributed by atoms with Gasteiger partial charge in [-0.25, -0.2) is 4.39 Å². The van der Waals surface area contributed by atoms with Crippen LogP contribution in [0.25, 0.3) is 0 Å². The number of hydrogen-bond acceptors (Lipinski definition) is 1. The first-order chi connectivity index (χ1) is 9.09. The van der Waals surface area contributed by atoms with Crippen LogP contribution in [0.2, 0.25) is 0 Å². The monoisotopic (exact) mass is 385 g/mol. The zero-order valence-electron chi connectivity index (χ0n) is 10.5. The van der Waals surface area contributed by atoms with Crippen molar-refractivity contribution in [3.63, 3.8) is 0 Å². The maximum Gasteiger partial charge on any atom is 0.137 e. The molecule has 0 fully saturated rings. The fourth-order valence-corrected chi connectivity index (χ4v) is 2.92. The summed E-state index contributed by atoms with van der Waals surface area (Å²) < 4.78 is 15.0. The molecule has 1 nitrogen and oxygen atoms in total. The Bertz CT molecular complexity index is 572. The molecule has 19 heavy (non-hydrogen) atoms. The Morgan fingerprint density at radius 2 is 1.84 bits per heavy atom. The number of hydrogen-bond donors (Lipinski definition) is 1. The van der Waals surface area contributed by atoms with E-state index in [0.717, 1.165) is 10.0 Å². The van der Waals surface area contributed by atoms with E-state index in [0.29, 0.717) is 11.0 Å². The van der Waals surface area contributed by atoms with Crippen LogP contribution in [0.1, 0.15) is 24.1 Å². The van der Waals surface area contributed by atoms with E-state index in [1.54, 1.807) is 6.07 Å². The molecule has 2 aromatic carbocycles. The third-order valence-electron chi connectivity index (χ3n) is 3.00. The first kappa shape index (κ1) is 14.7. The highest BCUT2D eigenvalue weighted by Gasteiger charge is 2.10. The van der Waals surface area contributed by atoms with Gasteiger partial charge in [-0.3, -0.25) is 0 Å². The number of benzene rings is 2. The van der Waals surface area contributed by atoms with Gasteiger partial charge in [-0.1, -0.05) is 46.3 Å². The molecule has 0 aliphatic carbocycles. The van der Waals surface area contributed by atoms with Gasteiger partial charge in [0.1, 0.15) is 5.82 Å². The van der Waals surface area contributed by atoms with Crippen molar-refractivity contribution < 1.29 is 4.39 Å². The summed E-state index contributed by atoms with van der Waals surface area (Å²) in [5.41, 5.74) is 2.11. The van der Waals surface area contributed by atoms with Crippen LogP contribution in [0.3, 0.4) is 0 Å². The third-order valence-corrected chi connectivity index (χ3v) is 4.61. The fourth-order valence-electron chi connectivity index (χ4n) is 1.88. The van der Waals surface area contributed by atoms with Crippen molar-refractivity contribution in [3.05, 3.63) is 68.4 Å². The van der Waals surface area contributed by atoms with E-state index in [4.69, 9.17) is 0 Å². The van der Waals surface area contributed by atoms with Gasteiger partial charge in [0.15, 0.2) is 0 Å². The summed E-state index contributed by atoms with van der Waals surface area (Å²) in [4.78, 5) is 0. The van der Waals surface area contributed by atoms with Crippen molar-refractivity contribution in [2.24, 2.45) is 0 Å². The molecule has 0 saturated carbocycles. The van der Waals surface area contributed by atoms with Crippen LogP contribution in [-0.4, -0.2) is 0 Å². The van der Waals surface area contributed by atoms with E-state index in [-0.39, 0.29) is 11.9 Å². The van der Waals surface area contributed by atoms with E-state index in [1.807, 2.05) is 24.3 Å². The fraction of sp³-hybridized carbons (Fsp3) is 0.200. The third kappa shape index (κ3) is 3.65. The van der Waals surface area contributed by atoms with Crippen LogP contribution >= 0.6 is 31.9 Å². The molecule has 0 heterocycles. The van der Waals surface area contributed by atoms with Gasteiger partial charge in [0.05, 0.1) is 4.47 Å². The zero-order chi connectivity index (χ0) is 13.8. The summed E-state index contributed by atoms with van der Waals surface area (Å²) in [7, 11) is 0. The summed E-state index contributed by atoms with van der Waals surface area (Å²) >= 11 is 6.82. The Labute approximate surface area is 129 Å². The smallest absolute Gasteiger partial charge is 0.137 e. The van der Waals surface area contributed by atoms with Gasteiger partial charge < -0.3 is 5.32 Å². The van der Waals surface area contributed by atoms with Crippen LogP contribution in [0, 0.1) is 5.82 Å². The first-order valence-electron chi connectivity index (χ1n) is 6.00. The summed E-state index contributed by atoms with van der Waals surface area (Å²) in [6, 6.07) is 13.4. The molecule has 0 radical (unpaired) electrons. The lowest BCUT2D eigenvalue weighted by atomic mass is 10.1. The summed E-state index contributed by atoms with van der Waals surface area (Å²) in [5, 5.41) is 3.40. The minimum absolute atomic E-state index is 0.186. The van der Waals surface area contributed by atoms with E-state index in [1.165, 1.54) is 11.6 Å². The van der Waals surface area contributed by atoms with Gasteiger partial charge in [0.2, 0.25) is 0 Å². The van der Waals surface area contributed by atoms with Crippen molar-refractivity contribution in [3.8, 4) is 0 Å². The molecular formula is C15H14Br2FN. The molecule has 0 saturated heterocycles. The SMILES string of the molecule is C[C@@H](NCc1cccc(F)c1Br)c1ccccc1Br. The molecule has 2 rings (SSSR count). The van der Waals surface area contributed by atoms with Crippen molar-refractivity contribution in [1.82, 2.24) is 5.32 Å². The predicted molar refractivity (Wildman–Crippen MR) is 83.5 cm³/mol. The lowest BCUT2D eigenvalue weighted by molar-refractivity contribution is 0.565. The highest BCUT2D eigenvalue weighted by Crippen LogP contribution is 2.24. The molecule has 0 bridgehead atoms. The van der Waals surface area contributed by atoms with Gasteiger partial charge in [0.25, 0.3) is 0 Å². The molecule has 0 aliphatic heterocycles. The van der Waals surface area contributed by atoms with E-state index >= 15 is 0 Å². The Morgan fingerprint density at radius 3 is 2.58 bits per heavy atom. The largest absolute Gasteiger partial charge is 0.306 e. The summed E-state index contributed by atoms with van der Waals surface area (Å²) in [6.07, 6.45) is 0. The van der Waals surface area contributed by atoms with Crippen molar-refractivity contribution in [1.29, 1.82) is 0 Å². The Balaban J connectivity index is 2.07. The summed E-state index contributed by atoms with van der Waals surface area (Å²) in [5.74, 6) is -0.229. The number of halogens is 3. The average molecular weight is 387 g/mol. The zero-order valence-corrected chi connectivity index (χ0v) is 13.6. The Kier molecular flexibility index (Phi) is 5.13. The van der Waals surface area contributed by atoms with Crippen molar-refractivity contribution in [2.45, 2.75) is 19.5 Å². The maximum atomic E-state index is 13.4. The van der Waals surface area contributed by atoms with E-state index in [9.17, 15) is 4.39 Å². The van der Waals surface area contributed by atoms with Crippen LogP contribution < -0.4 is 5.32 Å². The topological polar surface area (TPSA) is 12.0 Å². The molecule has 0 spiro atoms. The average Bonchev–Trinajstić information content (AvgIpc) is 2.40. The molecule has 4 heteroatoms. The van der Waals surface area contributed by atoms with Gasteiger partial charge in [0, 0.05) is 17.1 Å². The minimum Gasteiger partial charge on any atom is -0.306 e. The lowest BCUT2D eigenvalue weighted by Gasteiger charge is -2.16. The van der Waals surface area contributed by atoms with Gasteiger partial charge in [-0.15, -0.1) is 0 Å². The summed E-state index contributed by atoms with van der Waals surface area (Å²) in [6.45, 7) is 2.70. The Morgan fingerprint density at radius 1 is 1.11 bits per heavy atom. The highest BCUT2D eigenvalue weighted by atomic mass is 79.9. The number of nitrogens with one attached hydrogen (secondary N) is 1.